The highest BCUT2D eigenvalue weighted by Crippen LogP contribution is 2.29. The molecule has 0 spiro atoms. The molecule has 25 heavy (non-hydrogen) atoms. The Kier molecular flexibility index (Phi) is 12.4. The maximum Gasteiger partial charge on any atom is 0.191 e. The largest absolute Gasteiger partial charge is 0.493 e. The molecule has 3 N–H and O–H groups in total. The Hall–Kier alpha value is -1.22. The number of methoxy groups -OCH3 is 2. The zero-order chi connectivity index (χ0) is 17.9. The van der Waals surface area contributed by atoms with Gasteiger partial charge >= 0.3 is 0 Å². The van der Waals surface area contributed by atoms with E-state index >= 15 is 0 Å². The summed E-state index contributed by atoms with van der Waals surface area (Å²) >= 11 is 0. The summed E-state index contributed by atoms with van der Waals surface area (Å²) in [6.45, 7) is 8.30. The monoisotopic (exact) mass is 465 g/mol. The van der Waals surface area contributed by atoms with Crippen LogP contribution in [0.2, 0.25) is 0 Å². The summed E-state index contributed by atoms with van der Waals surface area (Å²) < 4.78 is 10.5. The summed E-state index contributed by atoms with van der Waals surface area (Å²) in [6.07, 6.45) is 0.369. The standard InChI is InChI=1S/C18H31N3O3.HI/c1-6-19-18(20-10-9-13(2)3)21-12-15(22)14-7-8-16(23-4)17(11-14)24-5;/h7-8,11,13,15,22H,6,9-10,12H2,1-5H3,(H2,19,20,21);1H. The van der Waals surface area contributed by atoms with Crippen molar-refractivity contribution in [3.8, 4) is 11.5 Å². The molecule has 0 bridgehead atoms. The number of benzene rings is 1. The third-order valence-corrected chi connectivity index (χ3v) is 3.57. The predicted molar refractivity (Wildman–Crippen MR) is 113 cm³/mol. The molecule has 0 amide bonds. The number of hydrogen-bond acceptors (Lipinski definition) is 4. The summed E-state index contributed by atoms with van der Waals surface area (Å²) in [5.74, 6) is 2.59. The van der Waals surface area contributed by atoms with Crippen LogP contribution in [-0.4, -0.2) is 44.9 Å². The van der Waals surface area contributed by atoms with Crippen LogP contribution in [-0.2, 0) is 0 Å². The molecule has 1 unspecified atom stereocenters. The van der Waals surface area contributed by atoms with Crippen molar-refractivity contribution in [3.05, 3.63) is 23.8 Å². The number of rotatable bonds is 9. The van der Waals surface area contributed by atoms with Crippen molar-refractivity contribution < 1.29 is 14.6 Å². The molecule has 0 saturated carbocycles. The Morgan fingerprint density at radius 1 is 1.16 bits per heavy atom. The number of ether oxygens (including phenoxy) is 2. The van der Waals surface area contributed by atoms with Crippen molar-refractivity contribution in [2.24, 2.45) is 10.9 Å². The molecule has 0 saturated heterocycles. The van der Waals surface area contributed by atoms with E-state index in [0.717, 1.165) is 31.0 Å². The smallest absolute Gasteiger partial charge is 0.191 e. The highest BCUT2D eigenvalue weighted by molar-refractivity contribution is 14.0. The van der Waals surface area contributed by atoms with E-state index in [1.807, 2.05) is 13.0 Å². The van der Waals surface area contributed by atoms with E-state index in [9.17, 15) is 5.11 Å². The quantitative estimate of drug-likeness (QED) is 0.297. The number of nitrogens with one attached hydrogen (secondary N) is 2. The lowest BCUT2D eigenvalue weighted by Gasteiger charge is -2.15. The minimum absolute atomic E-state index is 0. The van der Waals surface area contributed by atoms with Crippen LogP contribution in [0.1, 0.15) is 38.9 Å². The Bertz CT molecular complexity index is 524. The average molecular weight is 465 g/mol. The summed E-state index contributed by atoms with van der Waals surface area (Å²) in [6, 6.07) is 5.38. The molecule has 144 valence electrons. The number of halogens is 1. The zero-order valence-corrected chi connectivity index (χ0v) is 18.2. The topological polar surface area (TPSA) is 75.1 Å². The van der Waals surface area contributed by atoms with Crippen molar-refractivity contribution in [3.63, 3.8) is 0 Å². The number of guanidine groups is 1. The van der Waals surface area contributed by atoms with Crippen LogP contribution < -0.4 is 20.1 Å². The van der Waals surface area contributed by atoms with Crippen LogP contribution in [0.15, 0.2) is 23.2 Å². The first-order chi connectivity index (χ1) is 11.5. The van der Waals surface area contributed by atoms with Crippen molar-refractivity contribution in [1.29, 1.82) is 0 Å². The Morgan fingerprint density at radius 3 is 2.40 bits per heavy atom. The maximum atomic E-state index is 10.4. The van der Waals surface area contributed by atoms with E-state index < -0.39 is 6.10 Å². The predicted octanol–water partition coefficient (Wildman–Crippen LogP) is 2.96. The fourth-order valence-corrected chi connectivity index (χ4v) is 2.16. The third-order valence-electron chi connectivity index (χ3n) is 3.57. The number of hydrogen-bond donors (Lipinski definition) is 3. The van der Waals surface area contributed by atoms with Crippen LogP contribution in [0.3, 0.4) is 0 Å². The lowest BCUT2D eigenvalue weighted by Crippen LogP contribution is -2.38. The van der Waals surface area contributed by atoms with Gasteiger partial charge in [0.2, 0.25) is 0 Å². The van der Waals surface area contributed by atoms with Gasteiger partial charge in [-0.25, -0.2) is 0 Å². The van der Waals surface area contributed by atoms with Crippen molar-refractivity contribution in [1.82, 2.24) is 10.6 Å². The van der Waals surface area contributed by atoms with Gasteiger partial charge in [-0.3, -0.25) is 4.99 Å². The second-order valence-corrected chi connectivity index (χ2v) is 5.96. The molecular weight excluding hydrogens is 433 g/mol. The molecular formula is C18H32IN3O3. The molecule has 0 aliphatic carbocycles. The molecule has 6 nitrogen and oxygen atoms in total. The van der Waals surface area contributed by atoms with Crippen molar-refractivity contribution in [2.45, 2.75) is 33.3 Å². The van der Waals surface area contributed by atoms with Crippen molar-refractivity contribution >= 4 is 29.9 Å². The van der Waals surface area contributed by atoms with Crippen LogP contribution in [0.5, 0.6) is 11.5 Å². The van der Waals surface area contributed by atoms with Gasteiger partial charge in [0.1, 0.15) is 0 Å². The van der Waals surface area contributed by atoms with E-state index in [1.165, 1.54) is 0 Å². The summed E-state index contributed by atoms with van der Waals surface area (Å²) in [7, 11) is 3.16. The van der Waals surface area contributed by atoms with E-state index in [0.29, 0.717) is 17.4 Å². The van der Waals surface area contributed by atoms with E-state index in [-0.39, 0.29) is 30.5 Å². The Balaban J connectivity index is 0.00000576. The first-order valence-corrected chi connectivity index (χ1v) is 8.43. The van der Waals surface area contributed by atoms with E-state index in [4.69, 9.17) is 9.47 Å². The molecule has 0 radical (unpaired) electrons. The Morgan fingerprint density at radius 2 is 1.84 bits per heavy atom. The highest BCUT2D eigenvalue weighted by atomic mass is 127. The maximum absolute atomic E-state index is 10.4. The highest BCUT2D eigenvalue weighted by Gasteiger charge is 2.12. The molecule has 0 fully saturated rings. The van der Waals surface area contributed by atoms with Gasteiger partial charge in [-0.1, -0.05) is 19.9 Å². The van der Waals surface area contributed by atoms with Crippen molar-refractivity contribution in [2.75, 3.05) is 33.9 Å². The van der Waals surface area contributed by atoms with Crippen LogP contribution in [0, 0.1) is 5.92 Å². The van der Waals surface area contributed by atoms with E-state index in [2.05, 4.69) is 29.5 Å². The SMILES string of the molecule is CCNC(=NCC(O)c1ccc(OC)c(OC)c1)NCCC(C)C.I. The van der Waals surface area contributed by atoms with E-state index in [1.54, 1.807) is 26.4 Å². The minimum Gasteiger partial charge on any atom is -0.493 e. The van der Waals surface area contributed by atoms with Gasteiger partial charge in [-0.2, -0.15) is 0 Å². The van der Waals surface area contributed by atoms with Gasteiger partial charge in [0.15, 0.2) is 17.5 Å². The Labute approximate surface area is 168 Å². The molecule has 0 heterocycles. The molecule has 1 aromatic carbocycles. The molecule has 0 aromatic heterocycles. The van der Waals surface area contributed by atoms with Gasteiger partial charge in [-0.15, -0.1) is 24.0 Å². The zero-order valence-electron chi connectivity index (χ0n) is 15.8. The minimum atomic E-state index is -0.703. The fraction of sp³-hybridized carbons (Fsp3) is 0.611. The average Bonchev–Trinajstić information content (AvgIpc) is 2.58. The normalized spacial score (nSPS) is 12.4. The number of nitrogens with zero attached hydrogens (tertiary/aromatic N) is 1. The fourth-order valence-electron chi connectivity index (χ4n) is 2.16. The third kappa shape index (κ3) is 8.62. The molecule has 1 rings (SSSR count). The number of aliphatic hydroxyl groups is 1. The molecule has 0 aliphatic heterocycles. The lowest BCUT2D eigenvalue weighted by molar-refractivity contribution is 0.186. The summed E-state index contributed by atoms with van der Waals surface area (Å²) in [5.41, 5.74) is 0.745. The van der Waals surface area contributed by atoms with Gasteiger partial charge in [0, 0.05) is 13.1 Å². The molecule has 0 aliphatic rings. The van der Waals surface area contributed by atoms with Gasteiger partial charge in [0.05, 0.1) is 26.9 Å². The summed E-state index contributed by atoms with van der Waals surface area (Å²) in [5, 5.41) is 16.8. The van der Waals surface area contributed by atoms with Gasteiger partial charge in [-0.05, 0) is 37.0 Å². The lowest BCUT2D eigenvalue weighted by atomic mass is 10.1. The first kappa shape index (κ1) is 23.8. The van der Waals surface area contributed by atoms with Crippen LogP contribution in [0.25, 0.3) is 0 Å². The number of aliphatic hydroxyl groups excluding tert-OH is 1. The van der Waals surface area contributed by atoms with Crippen LogP contribution in [0.4, 0.5) is 0 Å². The molecule has 1 atom stereocenters. The molecule has 7 heteroatoms. The molecule has 1 aromatic rings. The van der Waals surface area contributed by atoms with Crippen LogP contribution >= 0.6 is 24.0 Å². The van der Waals surface area contributed by atoms with Gasteiger partial charge in [0.25, 0.3) is 0 Å². The van der Waals surface area contributed by atoms with Gasteiger partial charge < -0.3 is 25.2 Å². The summed E-state index contributed by atoms with van der Waals surface area (Å²) in [4.78, 5) is 4.46. The number of aliphatic imine (C=N–C) groups is 1. The second-order valence-electron chi connectivity index (χ2n) is 5.96. The second kappa shape index (κ2) is 13.0. The first-order valence-electron chi connectivity index (χ1n) is 8.43.